The van der Waals surface area contributed by atoms with E-state index in [1.807, 2.05) is 23.5 Å². The fourth-order valence-corrected chi connectivity index (χ4v) is 1.81. The SMILES string of the molecule is C1=CCN2NN3C=CC=CN3C2C=C1. The summed E-state index contributed by atoms with van der Waals surface area (Å²) in [6.45, 7) is 0.909. The first-order chi connectivity index (χ1) is 6.95. The van der Waals surface area contributed by atoms with Gasteiger partial charge < -0.3 is 0 Å². The van der Waals surface area contributed by atoms with Crippen molar-refractivity contribution < 1.29 is 0 Å². The van der Waals surface area contributed by atoms with Crippen LogP contribution in [0.3, 0.4) is 0 Å². The minimum Gasteiger partial charge on any atom is -0.255 e. The van der Waals surface area contributed by atoms with Crippen molar-refractivity contribution >= 4 is 0 Å². The Hall–Kier alpha value is -1.52. The second-order valence-corrected chi connectivity index (χ2v) is 3.39. The molecule has 3 rings (SSSR count). The molecule has 3 aliphatic heterocycles. The third kappa shape index (κ3) is 1.08. The number of rotatable bonds is 0. The van der Waals surface area contributed by atoms with Crippen LogP contribution in [0.4, 0.5) is 0 Å². The van der Waals surface area contributed by atoms with Crippen LogP contribution in [0.25, 0.3) is 0 Å². The molecule has 0 spiro atoms. The highest BCUT2D eigenvalue weighted by molar-refractivity contribution is 5.15. The van der Waals surface area contributed by atoms with Crippen molar-refractivity contribution in [2.45, 2.75) is 6.17 Å². The van der Waals surface area contributed by atoms with Gasteiger partial charge in [-0.1, -0.05) is 18.2 Å². The average Bonchev–Trinajstić information content (AvgIpc) is 2.42. The lowest BCUT2D eigenvalue weighted by molar-refractivity contribution is 0.0724. The van der Waals surface area contributed by atoms with Crippen LogP contribution >= 0.6 is 0 Å². The molecule has 0 saturated carbocycles. The van der Waals surface area contributed by atoms with E-state index in [1.165, 1.54) is 0 Å². The third-order valence-electron chi connectivity index (χ3n) is 2.48. The van der Waals surface area contributed by atoms with Crippen molar-refractivity contribution in [3.05, 3.63) is 48.9 Å². The summed E-state index contributed by atoms with van der Waals surface area (Å²) in [5.74, 6) is 0. The molecule has 3 aliphatic rings. The minimum absolute atomic E-state index is 0.270. The Kier molecular flexibility index (Phi) is 1.68. The van der Waals surface area contributed by atoms with Gasteiger partial charge in [0.25, 0.3) is 0 Å². The first-order valence-electron chi connectivity index (χ1n) is 4.74. The summed E-state index contributed by atoms with van der Waals surface area (Å²) in [6, 6.07) is 0. The Morgan fingerprint density at radius 3 is 3.00 bits per heavy atom. The molecule has 0 radical (unpaired) electrons. The monoisotopic (exact) mass is 188 g/mol. The molecule has 14 heavy (non-hydrogen) atoms. The van der Waals surface area contributed by atoms with Crippen LogP contribution in [0.1, 0.15) is 0 Å². The van der Waals surface area contributed by atoms with Gasteiger partial charge in [0.15, 0.2) is 0 Å². The molecule has 0 aliphatic carbocycles. The van der Waals surface area contributed by atoms with Gasteiger partial charge >= 0.3 is 0 Å². The fraction of sp³-hybridized carbons (Fsp3) is 0.200. The highest BCUT2D eigenvalue weighted by Crippen LogP contribution is 2.20. The second-order valence-electron chi connectivity index (χ2n) is 3.39. The van der Waals surface area contributed by atoms with Gasteiger partial charge in [0.05, 0.1) is 0 Å². The number of allylic oxidation sites excluding steroid dienone is 4. The van der Waals surface area contributed by atoms with E-state index in [2.05, 4.69) is 46.1 Å². The van der Waals surface area contributed by atoms with Gasteiger partial charge in [-0.25, -0.2) is 5.12 Å². The number of nitrogens with zero attached hydrogens (tertiary/aromatic N) is 3. The minimum atomic E-state index is 0.270. The van der Waals surface area contributed by atoms with E-state index in [1.54, 1.807) is 0 Å². The van der Waals surface area contributed by atoms with Gasteiger partial charge in [0.2, 0.25) is 0 Å². The first-order valence-corrected chi connectivity index (χ1v) is 4.74. The zero-order valence-electron chi connectivity index (χ0n) is 7.74. The number of hydrogen-bond donors (Lipinski definition) is 1. The standard InChI is InChI=1S/C10H12N4/c1-2-6-10-12(7-3-1)11-14-9-5-4-8-13(10)14/h1-6,8-11H,7H2. The maximum atomic E-state index is 3.29. The van der Waals surface area contributed by atoms with Crippen molar-refractivity contribution in [2.75, 3.05) is 6.54 Å². The summed E-state index contributed by atoms with van der Waals surface area (Å²) < 4.78 is 0. The van der Waals surface area contributed by atoms with E-state index < -0.39 is 0 Å². The van der Waals surface area contributed by atoms with Crippen LogP contribution in [-0.2, 0) is 0 Å². The Labute approximate surface area is 83.0 Å². The van der Waals surface area contributed by atoms with Gasteiger partial charge in [-0.15, -0.1) is 5.53 Å². The summed E-state index contributed by atoms with van der Waals surface area (Å²) in [6.07, 6.45) is 16.8. The molecule has 72 valence electrons. The van der Waals surface area contributed by atoms with Crippen LogP contribution in [0.15, 0.2) is 48.9 Å². The number of fused-ring (bicyclic) bond motifs is 3. The maximum Gasteiger partial charge on any atom is 0.137 e. The van der Waals surface area contributed by atoms with Crippen molar-refractivity contribution in [3.63, 3.8) is 0 Å². The van der Waals surface area contributed by atoms with Crippen LogP contribution in [0, 0.1) is 0 Å². The molecule has 1 unspecified atom stereocenters. The van der Waals surface area contributed by atoms with Crippen molar-refractivity contribution in [1.82, 2.24) is 20.7 Å². The molecule has 1 atom stereocenters. The summed E-state index contributed by atoms with van der Waals surface area (Å²) in [5, 5.41) is 6.29. The Morgan fingerprint density at radius 2 is 2.00 bits per heavy atom. The number of hydrazine groups is 3. The topological polar surface area (TPSA) is 21.8 Å². The predicted octanol–water partition coefficient (Wildman–Crippen LogP) is 0.734. The van der Waals surface area contributed by atoms with Crippen molar-refractivity contribution in [2.24, 2.45) is 0 Å². The quantitative estimate of drug-likeness (QED) is 0.605. The molecule has 0 amide bonds. The van der Waals surface area contributed by atoms with Crippen LogP contribution in [0.5, 0.6) is 0 Å². The fourth-order valence-electron chi connectivity index (χ4n) is 1.81. The Morgan fingerprint density at radius 1 is 1.07 bits per heavy atom. The summed E-state index contributed by atoms with van der Waals surface area (Å²) in [4.78, 5) is 0. The van der Waals surface area contributed by atoms with Gasteiger partial charge in [-0.05, 0) is 18.2 Å². The zero-order chi connectivity index (χ0) is 9.38. The molecule has 0 aromatic heterocycles. The molecule has 3 heterocycles. The van der Waals surface area contributed by atoms with E-state index in [4.69, 9.17) is 0 Å². The summed E-state index contributed by atoms with van der Waals surface area (Å²) >= 11 is 0. The van der Waals surface area contributed by atoms with Gasteiger partial charge in [-0.3, -0.25) is 5.01 Å². The lowest BCUT2D eigenvalue weighted by Gasteiger charge is -2.27. The third-order valence-corrected chi connectivity index (χ3v) is 2.48. The molecule has 4 heteroatoms. The second kappa shape index (κ2) is 3.01. The van der Waals surface area contributed by atoms with Crippen molar-refractivity contribution in [1.29, 1.82) is 0 Å². The predicted molar refractivity (Wildman–Crippen MR) is 53.9 cm³/mol. The highest BCUT2D eigenvalue weighted by atomic mass is 16.0. The van der Waals surface area contributed by atoms with Gasteiger partial charge in [0, 0.05) is 18.9 Å². The normalized spacial score (nSPS) is 29.3. The number of hydrogen-bond acceptors (Lipinski definition) is 4. The van der Waals surface area contributed by atoms with Crippen molar-refractivity contribution in [3.8, 4) is 0 Å². The molecule has 4 nitrogen and oxygen atoms in total. The van der Waals surface area contributed by atoms with E-state index in [0.717, 1.165) is 6.54 Å². The summed E-state index contributed by atoms with van der Waals surface area (Å²) in [5.41, 5.74) is 3.29. The highest BCUT2D eigenvalue weighted by Gasteiger charge is 2.33. The Balaban J connectivity index is 1.91. The zero-order valence-corrected chi connectivity index (χ0v) is 7.74. The smallest absolute Gasteiger partial charge is 0.137 e. The number of nitrogens with one attached hydrogen (secondary N) is 1. The van der Waals surface area contributed by atoms with Gasteiger partial charge in [0.1, 0.15) is 6.17 Å². The van der Waals surface area contributed by atoms with Crippen LogP contribution < -0.4 is 5.53 Å². The van der Waals surface area contributed by atoms with E-state index in [0.29, 0.717) is 0 Å². The largest absolute Gasteiger partial charge is 0.255 e. The first kappa shape index (κ1) is 7.84. The Bertz CT molecular complexity index is 342. The maximum absolute atomic E-state index is 3.29. The van der Waals surface area contributed by atoms with Crippen LogP contribution in [0.2, 0.25) is 0 Å². The van der Waals surface area contributed by atoms with E-state index in [9.17, 15) is 0 Å². The molecular weight excluding hydrogens is 176 g/mol. The van der Waals surface area contributed by atoms with E-state index >= 15 is 0 Å². The van der Waals surface area contributed by atoms with Gasteiger partial charge in [-0.2, -0.15) is 5.01 Å². The molecule has 1 N–H and O–H groups in total. The molecular formula is C10H12N4. The summed E-state index contributed by atoms with van der Waals surface area (Å²) in [7, 11) is 0. The lowest BCUT2D eigenvalue weighted by Crippen LogP contribution is -2.39. The molecule has 1 saturated heterocycles. The molecule has 1 fully saturated rings. The lowest BCUT2D eigenvalue weighted by atomic mass is 10.4. The molecule has 0 aromatic rings. The average molecular weight is 188 g/mol. The van der Waals surface area contributed by atoms with E-state index in [-0.39, 0.29) is 6.17 Å². The molecule has 0 bridgehead atoms. The van der Waals surface area contributed by atoms with Crippen LogP contribution in [-0.4, -0.2) is 27.8 Å². The molecule has 0 aromatic carbocycles.